The molecule has 206 valence electrons. The van der Waals surface area contributed by atoms with E-state index in [4.69, 9.17) is 21.1 Å². The Bertz CT molecular complexity index is 852. The number of esters is 1. The molecule has 1 aliphatic heterocycles. The zero-order valence-corrected chi connectivity index (χ0v) is 23.0. The highest BCUT2D eigenvalue weighted by molar-refractivity contribution is 6.23. The third-order valence-corrected chi connectivity index (χ3v) is 7.98. The average Bonchev–Trinajstić information content (AvgIpc) is 3.19. The number of carbonyl (C=O) groups is 2. The molecule has 1 heterocycles. The first-order valence-electron chi connectivity index (χ1n) is 14.0. The SMILES string of the molecule is CCCCCC(O)c1ccc([C@H]2C(=O)C[C@@H](Cl)[C@@H]2C/C=C\CCCC(=O)OCCN2CCOCC2)cc1. The topological polar surface area (TPSA) is 76.1 Å². The number of morpholine rings is 1. The molecule has 2 fully saturated rings. The first-order valence-corrected chi connectivity index (χ1v) is 14.5. The molecule has 1 saturated heterocycles. The fourth-order valence-corrected chi connectivity index (χ4v) is 5.64. The Hall–Kier alpha value is -1.73. The number of hydrogen-bond acceptors (Lipinski definition) is 6. The zero-order chi connectivity index (χ0) is 26.5. The lowest BCUT2D eigenvalue weighted by Crippen LogP contribution is -2.38. The van der Waals surface area contributed by atoms with Crippen molar-refractivity contribution in [3.63, 3.8) is 0 Å². The number of hydrogen-bond donors (Lipinski definition) is 1. The molecular formula is C30H44ClNO5. The maximum Gasteiger partial charge on any atom is 0.305 e. The van der Waals surface area contributed by atoms with Crippen LogP contribution in [0.25, 0.3) is 0 Å². The third kappa shape index (κ3) is 9.82. The lowest BCUT2D eigenvalue weighted by atomic mass is 9.85. The molecule has 0 aromatic heterocycles. The van der Waals surface area contributed by atoms with Crippen LogP contribution < -0.4 is 0 Å². The van der Waals surface area contributed by atoms with Crippen molar-refractivity contribution >= 4 is 23.4 Å². The smallest absolute Gasteiger partial charge is 0.305 e. The summed E-state index contributed by atoms with van der Waals surface area (Å²) in [5.74, 6) is -0.117. The highest BCUT2D eigenvalue weighted by Crippen LogP contribution is 2.42. The molecular weight excluding hydrogens is 490 g/mol. The van der Waals surface area contributed by atoms with E-state index in [1.807, 2.05) is 24.3 Å². The second-order valence-electron chi connectivity index (χ2n) is 10.3. The van der Waals surface area contributed by atoms with Crippen LogP contribution in [0.15, 0.2) is 36.4 Å². The summed E-state index contributed by atoms with van der Waals surface area (Å²) < 4.78 is 10.7. The number of Topliss-reactive ketones (excluding diaryl/α,β-unsaturated/α-hetero) is 1. The lowest BCUT2D eigenvalue weighted by Gasteiger charge is -2.26. The standard InChI is InChI=1S/C30H44ClNO5/c1-2-3-6-10-27(33)23-12-14-24(15-13-23)30-25(26(31)22-28(30)34)9-7-4-5-8-11-29(35)37-21-18-32-16-19-36-20-17-32/h4,7,12-15,25-27,30,33H,2-3,5-6,8-11,16-22H2,1H3/b7-4-/t25-,26+,27?,30+/m0/s1. The van der Waals surface area contributed by atoms with Crippen LogP contribution in [0.3, 0.4) is 0 Å². The maximum absolute atomic E-state index is 12.8. The van der Waals surface area contributed by atoms with Crippen LogP contribution in [-0.4, -0.2) is 66.6 Å². The molecule has 2 aliphatic rings. The minimum absolute atomic E-state index is 0.0518. The van der Waals surface area contributed by atoms with E-state index in [0.29, 0.717) is 19.4 Å². The first kappa shape index (κ1) is 29.8. The van der Waals surface area contributed by atoms with Gasteiger partial charge >= 0.3 is 5.97 Å². The number of ketones is 1. The average molecular weight is 534 g/mol. The molecule has 1 aliphatic carbocycles. The van der Waals surface area contributed by atoms with Crippen molar-refractivity contribution in [2.24, 2.45) is 5.92 Å². The van der Waals surface area contributed by atoms with E-state index in [2.05, 4.69) is 24.0 Å². The van der Waals surface area contributed by atoms with Gasteiger partial charge in [-0.3, -0.25) is 14.5 Å². The highest BCUT2D eigenvalue weighted by atomic mass is 35.5. The van der Waals surface area contributed by atoms with E-state index in [1.54, 1.807) is 0 Å². The molecule has 37 heavy (non-hydrogen) atoms. The minimum Gasteiger partial charge on any atom is -0.464 e. The summed E-state index contributed by atoms with van der Waals surface area (Å²) in [4.78, 5) is 27.0. The number of aliphatic hydroxyl groups is 1. The number of carbonyl (C=O) groups excluding carboxylic acids is 2. The van der Waals surface area contributed by atoms with E-state index in [9.17, 15) is 14.7 Å². The second kappa shape index (κ2) is 16.3. The molecule has 1 unspecified atom stereocenters. The fraction of sp³-hybridized carbons (Fsp3) is 0.667. The summed E-state index contributed by atoms with van der Waals surface area (Å²) in [6.07, 6.45) is 10.8. The van der Waals surface area contributed by atoms with Gasteiger partial charge in [-0.1, -0.05) is 62.6 Å². The molecule has 0 radical (unpaired) electrons. The van der Waals surface area contributed by atoms with E-state index >= 15 is 0 Å². The minimum atomic E-state index is -0.457. The summed E-state index contributed by atoms with van der Waals surface area (Å²) >= 11 is 6.59. The molecule has 0 bridgehead atoms. The lowest BCUT2D eigenvalue weighted by molar-refractivity contribution is -0.144. The van der Waals surface area contributed by atoms with Crippen molar-refractivity contribution in [2.45, 2.75) is 82.1 Å². The van der Waals surface area contributed by atoms with Crippen LogP contribution >= 0.6 is 11.6 Å². The monoisotopic (exact) mass is 533 g/mol. The number of ether oxygens (including phenoxy) is 2. The van der Waals surface area contributed by atoms with Gasteiger partial charge in [-0.2, -0.15) is 0 Å². The van der Waals surface area contributed by atoms with Gasteiger partial charge in [-0.05, 0) is 42.7 Å². The molecule has 1 aromatic carbocycles. The number of rotatable bonds is 15. The number of halogens is 1. The maximum atomic E-state index is 12.8. The van der Waals surface area contributed by atoms with Gasteiger partial charge in [0, 0.05) is 43.8 Å². The summed E-state index contributed by atoms with van der Waals surface area (Å²) in [7, 11) is 0. The number of unbranched alkanes of at least 4 members (excludes halogenated alkanes) is 3. The number of alkyl halides is 1. The van der Waals surface area contributed by atoms with Gasteiger partial charge in [0.25, 0.3) is 0 Å². The van der Waals surface area contributed by atoms with Crippen LogP contribution in [0.1, 0.15) is 87.9 Å². The fourth-order valence-electron chi connectivity index (χ4n) is 5.24. The van der Waals surface area contributed by atoms with Crippen LogP contribution in [0, 0.1) is 5.92 Å². The molecule has 3 rings (SSSR count). The molecule has 0 amide bonds. The number of allylic oxidation sites excluding steroid dienone is 2. The summed E-state index contributed by atoms with van der Waals surface area (Å²) in [5.41, 5.74) is 1.89. The van der Waals surface area contributed by atoms with Gasteiger partial charge in [-0.15, -0.1) is 11.6 Å². The number of benzene rings is 1. The second-order valence-corrected chi connectivity index (χ2v) is 10.8. The largest absolute Gasteiger partial charge is 0.464 e. The Morgan fingerprint density at radius 2 is 1.95 bits per heavy atom. The molecule has 6 nitrogen and oxygen atoms in total. The van der Waals surface area contributed by atoms with E-state index in [1.165, 1.54) is 0 Å². The number of aliphatic hydroxyl groups excluding tert-OH is 1. The summed E-state index contributed by atoms with van der Waals surface area (Å²) in [6, 6.07) is 7.87. The Kier molecular flexibility index (Phi) is 13.1. The Labute approximate surface area is 227 Å². The molecule has 1 aromatic rings. The van der Waals surface area contributed by atoms with Gasteiger partial charge in [0.2, 0.25) is 0 Å². The van der Waals surface area contributed by atoms with Crippen LogP contribution in [0.4, 0.5) is 0 Å². The normalized spacial score (nSPS) is 23.5. The van der Waals surface area contributed by atoms with Gasteiger partial charge in [-0.25, -0.2) is 0 Å². The predicted molar refractivity (Wildman–Crippen MR) is 147 cm³/mol. The van der Waals surface area contributed by atoms with Crippen LogP contribution in [0.5, 0.6) is 0 Å². The quantitative estimate of drug-likeness (QED) is 0.137. The van der Waals surface area contributed by atoms with Gasteiger partial charge < -0.3 is 14.6 Å². The third-order valence-electron chi connectivity index (χ3n) is 7.50. The van der Waals surface area contributed by atoms with Crippen molar-refractivity contribution < 1.29 is 24.2 Å². The van der Waals surface area contributed by atoms with Crippen LogP contribution in [0.2, 0.25) is 0 Å². The van der Waals surface area contributed by atoms with Crippen molar-refractivity contribution in [1.29, 1.82) is 0 Å². The molecule has 1 N–H and O–H groups in total. The predicted octanol–water partition coefficient (Wildman–Crippen LogP) is 5.57. The van der Waals surface area contributed by atoms with Crippen LogP contribution in [-0.2, 0) is 19.1 Å². The molecule has 1 saturated carbocycles. The highest BCUT2D eigenvalue weighted by Gasteiger charge is 2.41. The van der Waals surface area contributed by atoms with Gasteiger partial charge in [0.1, 0.15) is 12.4 Å². The first-order chi connectivity index (χ1) is 18.0. The zero-order valence-electron chi connectivity index (χ0n) is 22.3. The number of nitrogens with zero attached hydrogens (tertiary/aromatic N) is 1. The summed E-state index contributed by atoms with van der Waals surface area (Å²) in [5, 5.41) is 10.3. The Balaban J connectivity index is 1.39. The van der Waals surface area contributed by atoms with Crippen molar-refractivity contribution in [3.05, 3.63) is 47.5 Å². The van der Waals surface area contributed by atoms with Crippen molar-refractivity contribution in [1.82, 2.24) is 4.90 Å². The molecule has 4 atom stereocenters. The Morgan fingerprint density at radius 1 is 1.19 bits per heavy atom. The van der Waals surface area contributed by atoms with E-state index in [0.717, 1.165) is 88.9 Å². The van der Waals surface area contributed by atoms with Gasteiger partial charge in [0.15, 0.2) is 0 Å². The van der Waals surface area contributed by atoms with Crippen molar-refractivity contribution in [2.75, 3.05) is 39.5 Å². The molecule has 0 spiro atoms. The van der Waals surface area contributed by atoms with Gasteiger partial charge in [0.05, 0.1) is 19.3 Å². The Morgan fingerprint density at radius 3 is 2.68 bits per heavy atom. The molecule has 7 heteroatoms. The summed E-state index contributed by atoms with van der Waals surface area (Å²) in [6.45, 7) is 6.63. The van der Waals surface area contributed by atoms with E-state index in [-0.39, 0.29) is 29.0 Å². The van der Waals surface area contributed by atoms with Crippen molar-refractivity contribution in [3.8, 4) is 0 Å². The van der Waals surface area contributed by atoms with E-state index < -0.39 is 6.10 Å².